The first kappa shape index (κ1) is 10.2. The number of nitrogens with zero attached hydrogens (tertiary/aromatic N) is 3. The van der Waals surface area contributed by atoms with Crippen LogP contribution in [-0.4, -0.2) is 30.2 Å². The van der Waals surface area contributed by atoms with E-state index in [1.54, 1.807) is 7.11 Å². The predicted molar refractivity (Wildman–Crippen MR) is 58.6 cm³/mol. The van der Waals surface area contributed by atoms with Crippen molar-refractivity contribution in [1.29, 1.82) is 0 Å². The minimum absolute atomic E-state index is 0.325. The van der Waals surface area contributed by atoms with Crippen molar-refractivity contribution in [2.45, 2.75) is 19.4 Å². The highest BCUT2D eigenvalue weighted by atomic mass is 16.5. The van der Waals surface area contributed by atoms with Gasteiger partial charge in [0.15, 0.2) is 0 Å². The first-order chi connectivity index (χ1) is 7.29. The van der Waals surface area contributed by atoms with Gasteiger partial charge in [0.1, 0.15) is 5.82 Å². The molecule has 82 valence electrons. The molecular weight excluding hydrogens is 192 g/mol. The average molecular weight is 208 g/mol. The molecule has 1 aromatic rings. The SMILES string of the molecule is COCc1cc(N2CCCC2)nc(N)n1. The molecule has 1 fully saturated rings. The van der Waals surface area contributed by atoms with Crippen LogP contribution in [0.4, 0.5) is 11.8 Å². The molecule has 2 rings (SSSR count). The Balaban J connectivity index is 2.22. The summed E-state index contributed by atoms with van der Waals surface area (Å²) >= 11 is 0. The summed E-state index contributed by atoms with van der Waals surface area (Å²) in [6, 6.07) is 1.95. The van der Waals surface area contributed by atoms with Crippen LogP contribution in [0.3, 0.4) is 0 Å². The highest BCUT2D eigenvalue weighted by Crippen LogP contribution is 2.19. The summed E-state index contributed by atoms with van der Waals surface area (Å²) in [4.78, 5) is 10.6. The summed E-state index contributed by atoms with van der Waals surface area (Å²) in [5, 5.41) is 0. The lowest BCUT2D eigenvalue weighted by Crippen LogP contribution is -2.20. The smallest absolute Gasteiger partial charge is 0.222 e. The fourth-order valence-corrected chi connectivity index (χ4v) is 1.83. The normalized spacial score (nSPS) is 15.9. The molecule has 1 saturated heterocycles. The van der Waals surface area contributed by atoms with Crippen LogP contribution < -0.4 is 10.6 Å². The third-order valence-electron chi connectivity index (χ3n) is 2.51. The second-order valence-corrected chi connectivity index (χ2v) is 3.70. The van der Waals surface area contributed by atoms with Crippen LogP contribution in [0.15, 0.2) is 6.07 Å². The maximum Gasteiger partial charge on any atom is 0.222 e. The zero-order valence-electron chi connectivity index (χ0n) is 8.94. The highest BCUT2D eigenvalue weighted by Gasteiger charge is 2.14. The number of nitrogen functional groups attached to an aromatic ring is 1. The van der Waals surface area contributed by atoms with Crippen molar-refractivity contribution >= 4 is 11.8 Å². The van der Waals surface area contributed by atoms with E-state index >= 15 is 0 Å². The molecule has 2 N–H and O–H groups in total. The minimum Gasteiger partial charge on any atom is -0.378 e. The van der Waals surface area contributed by atoms with Crippen LogP contribution in [0, 0.1) is 0 Å². The number of ether oxygens (including phenoxy) is 1. The number of nitrogens with two attached hydrogens (primary N) is 1. The van der Waals surface area contributed by atoms with Crippen molar-refractivity contribution in [3.8, 4) is 0 Å². The van der Waals surface area contributed by atoms with Gasteiger partial charge in [-0.05, 0) is 12.8 Å². The third kappa shape index (κ3) is 2.36. The first-order valence-corrected chi connectivity index (χ1v) is 5.17. The molecule has 0 aromatic carbocycles. The number of rotatable bonds is 3. The van der Waals surface area contributed by atoms with E-state index in [2.05, 4.69) is 14.9 Å². The lowest BCUT2D eigenvalue weighted by Gasteiger charge is -2.17. The maximum atomic E-state index is 5.65. The van der Waals surface area contributed by atoms with Gasteiger partial charge in [-0.1, -0.05) is 0 Å². The van der Waals surface area contributed by atoms with Gasteiger partial charge in [-0.25, -0.2) is 4.98 Å². The number of hydrogen-bond acceptors (Lipinski definition) is 5. The maximum absolute atomic E-state index is 5.65. The molecule has 1 aliphatic heterocycles. The van der Waals surface area contributed by atoms with Crippen molar-refractivity contribution in [2.75, 3.05) is 30.8 Å². The van der Waals surface area contributed by atoms with Crippen molar-refractivity contribution in [1.82, 2.24) is 9.97 Å². The predicted octanol–water partition coefficient (Wildman–Crippen LogP) is 0.805. The van der Waals surface area contributed by atoms with Crippen LogP contribution in [-0.2, 0) is 11.3 Å². The topological polar surface area (TPSA) is 64.3 Å². The second-order valence-electron chi connectivity index (χ2n) is 3.70. The summed E-state index contributed by atoms with van der Waals surface area (Å²) in [5.41, 5.74) is 6.49. The Morgan fingerprint density at radius 3 is 2.80 bits per heavy atom. The summed E-state index contributed by atoms with van der Waals surface area (Å²) < 4.78 is 5.04. The van der Waals surface area contributed by atoms with Crippen LogP contribution in [0.5, 0.6) is 0 Å². The summed E-state index contributed by atoms with van der Waals surface area (Å²) in [6.07, 6.45) is 2.45. The van der Waals surface area contributed by atoms with Crippen LogP contribution >= 0.6 is 0 Å². The van der Waals surface area contributed by atoms with Gasteiger partial charge in [-0.3, -0.25) is 0 Å². The van der Waals surface area contributed by atoms with Gasteiger partial charge in [0.05, 0.1) is 12.3 Å². The molecule has 15 heavy (non-hydrogen) atoms. The molecule has 0 saturated carbocycles. The molecule has 0 unspecified atom stereocenters. The lowest BCUT2D eigenvalue weighted by atomic mass is 10.4. The van der Waals surface area contributed by atoms with Crippen LogP contribution in [0.25, 0.3) is 0 Å². The second kappa shape index (κ2) is 4.44. The third-order valence-corrected chi connectivity index (χ3v) is 2.51. The monoisotopic (exact) mass is 208 g/mol. The zero-order chi connectivity index (χ0) is 10.7. The standard InChI is InChI=1S/C10H16N4O/c1-15-7-8-6-9(13-10(11)12-8)14-4-2-3-5-14/h6H,2-5,7H2,1H3,(H2,11,12,13). The zero-order valence-corrected chi connectivity index (χ0v) is 8.94. The van der Waals surface area contributed by atoms with Crippen LogP contribution in [0.1, 0.15) is 18.5 Å². The highest BCUT2D eigenvalue weighted by molar-refractivity contribution is 5.44. The van der Waals surface area contributed by atoms with Gasteiger partial charge in [-0.15, -0.1) is 0 Å². The molecule has 5 heteroatoms. The van der Waals surface area contributed by atoms with Gasteiger partial charge < -0.3 is 15.4 Å². The van der Waals surface area contributed by atoms with E-state index in [4.69, 9.17) is 10.5 Å². The molecule has 0 aliphatic carbocycles. The van der Waals surface area contributed by atoms with E-state index in [9.17, 15) is 0 Å². The van der Waals surface area contributed by atoms with Crippen molar-refractivity contribution < 1.29 is 4.74 Å². The molecular formula is C10H16N4O. The van der Waals surface area contributed by atoms with Crippen molar-refractivity contribution in [2.24, 2.45) is 0 Å². The van der Waals surface area contributed by atoms with E-state index < -0.39 is 0 Å². The molecule has 0 radical (unpaired) electrons. The Morgan fingerprint density at radius 1 is 1.40 bits per heavy atom. The number of anilines is 2. The molecule has 1 aromatic heterocycles. The minimum atomic E-state index is 0.325. The fourth-order valence-electron chi connectivity index (χ4n) is 1.83. The Kier molecular flexibility index (Phi) is 3.01. The molecule has 2 heterocycles. The van der Waals surface area contributed by atoms with Gasteiger partial charge in [0.2, 0.25) is 5.95 Å². The van der Waals surface area contributed by atoms with Crippen LogP contribution in [0.2, 0.25) is 0 Å². The Bertz CT molecular complexity index is 336. The Labute approximate surface area is 89.3 Å². The average Bonchev–Trinajstić information content (AvgIpc) is 2.70. The largest absolute Gasteiger partial charge is 0.378 e. The van der Waals surface area contributed by atoms with E-state index in [-0.39, 0.29) is 0 Å². The van der Waals surface area contributed by atoms with Gasteiger partial charge in [0, 0.05) is 26.3 Å². The van der Waals surface area contributed by atoms with Gasteiger partial charge in [0.25, 0.3) is 0 Å². The first-order valence-electron chi connectivity index (χ1n) is 5.17. The quantitative estimate of drug-likeness (QED) is 0.796. The molecule has 1 aliphatic rings. The number of methoxy groups -OCH3 is 1. The number of hydrogen-bond donors (Lipinski definition) is 1. The van der Waals surface area contributed by atoms with E-state index in [0.29, 0.717) is 12.6 Å². The molecule has 0 amide bonds. The fraction of sp³-hybridized carbons (Fsp3) is 0.600. The van der Waals surface area contributed by atoms with E-state index in [0.717, 1.165) is 24.6 Å². The summed E-state index contributed by atoms with van der Waals surface area (Å²) in [5.74, 6) is 1.25. The van der Waals surface area contributed by atoms with E-state index in [1.807, 2.05) is 6.07 Å². The van der Waals surface area contributed by atoms with E-state index in [1.165, 1.54) is 12.8 Å². The lowest BCUT2D eigenvalue weighted by molar-refractivity contribution is 0.181. The number of aromatic nitrogens is 2. The molecule has 0 atom stereocenters. The van der Waals surface area contributed by atoms with Gasteiger partial charge in [-0.2, -0.15) is 4.98 Å². The molecule has 0 bridgehead atoms. The summed E-state index contributed by atoms with van der Waals surface area (Å²) in [6.45, 7) is 2.60. The van der Waals surface area contributed by atoms with Gasteiger partial charge >= 0.3 is 0 Å². The Hall–Kier alpha value is -1.36. The molecule has 5 nitrogen and oxygen atoms in total. The summed E-state index contributed by atoms with van der Waals surface area (Å²) in [7, 11) is 1.65. The van der Waals surface area contributed by atoms with Crippen molar-refractivity contribution in [3.63, 3.8) is 0 Å². The Morgan fingerprint density at radius 2 is 2.13 bits per heavy atom. The molecule has 0 spiro atoms. The van der Waals surface area contributed by atoms with Crippen molar-refractivity contribution in [3.05, 3.63) is 11.8 Å².